The standard InChI is InChI=1S/C21H18BrClN2O5/c1-3-29-19(26)12-30-20-17(23)9-13(10-18(20)28-2)8-14(11-24)21(27)25-16-6-4-15(22)5-7-16/h4-10H,3,12H2,1-2H3,(H,25,27)/b14-8-. The van der Waals surface area contributed by atoms with E-state index in [9.17, 15) is 14.9 Å². The molecule has 0 aliphatic rings. The van der Waals surface area contributed by atoms with Crippen molar-refractivity contribution in [1.82, 2.24) is 0 Å². The number of nitriles is 1. The summed E-state index contributed by atoms with van der Waals surface area (Å²) in [4.78, 5) is 23.9. The highest BCUT2D eigenvalue weighted by atomic mass is 79.9. The van der Waals surface area contributed by atoms with E-state index in [0.29, 0.717) is 11.3 Å². The molecule has 0 bridgehead atoms. The molecule has 0 saturated heterocycles. The van der Waals surface area contributed by atoms with Crippen LogP contribution in [0.25, 0.3) is 6.08 Å². The Labute approximate surface area is 187 Å². The Morgan fingerprint density at radius 3 is 2.57 bits per heavy atom. The lowest BCUT2D eigenvalue weighted by Crippen LogP contribution is -2.15. The first kappa shape index (κ1) is 23.3. The number of carbonyl (C=O) groups excluding carboxylic acids is 2. The van der Waals surface area contributed by atoms with Crippen LogP contribution in [-0.4, -0.2) is 32.2 Å². The topological polar surface area (TPSA) is 97.7 Å². The number of nitrogens with zero attached hydrogens (tertiary/aromatic N) is 1. The average molecular weight is 494 g/mol. The third kappa shape index (κ3) is 6.51. The predicted octanol–water partition coefficient (Wildman–Crippen LogP) is 4.60. The zero-order valence-corrected chi connectivity index (χ0v) is 18.5. The van der Waals surface area contributed by atoms with Gasteiger partial charge in [0.1, 0.15) is 11.6 Å². The van der Waals surface area contributed by atoms with Crippen molar-refractivity contribution in [2.24, 2.45) is 0 Å². The smallest absolute Gasteiger partial charge is 0.344 e. The fraction of sp³-hybridized carbons (Fsp3) is 0.190. The third-order valence-electron chi connectivity index (χ3n) is 3.67. The van der Waals surface area contributed by atoms with Crippen LogP contribution in [0.3, 0.4) is 0 Å². The van der Waals surface area contributed by atoms with E-state index in [-0.39, 0.29) is 35.3 Å². The number of rotatable bonds is 8. The van der Waals surface area contributed by atoms with Crippen LogP contribution in [0.15, 0.2) is 46.4 Å². The highest BCUT2D eigenvalue weighted by molar-refractivity contribution is 9.10. The maximum Gasteiger partial charge on any atom is 0.344 e. The van der Waals surface area contributed by atoms with E-state index in [4.69, 9.17) is 25.8 Å². The molecule has 9 heteroatoms. The van der Waals surface area contributed by atoms with Crippen LogP contribution in [0.1, 0.15) is 12.5 Å². The SMILES string of the molecule is CCOC(=O)COc1c(Cl)cc(/C=C(/C#N)C(=O)Nc2ccc(Br)cc2)cc1OC. The number of hydrogen-bond acceptors (Lipinski definition) is 6. The third-order valence-corrected chi connectivity index (χ3v) is 4.48. The van der Waals surface area contributed by atoms with Gasteiger partial charge in [0.15, 0.2) is 18.1 Å². The van der Waals surface area contributed by atoms with Crippen molar-refractivity contribution in [3.05, 3.63) is 57.0 Å². The molecule has 2 rings (SSSR count). The lowest BCUT2D eigenvalue weighted by atomic mass is 10.1. The molecule has 0 fully saturated rings. The number of amides is 1. The zero-order chi connectivity index (χ0) is 22.1. The summed E-state index contributed by atoms with van der Waals surface area (Å²) in [6, 6.07) is 11.8. The Balaban J connectivity index is 2.24. The lowest BCUT2D eigenvalue weighted by Gasteiger charge is -2.13. The zero-order valence-electron chi connectivity index (χ0n) is 16.2. The molecule has 2 aromatic rings. The molecule has 156 valence electrons. The maximum atomic E-state index is 12.4. The van der Waals surface area contributed by atoms with Gasteiger partial charge in [-0.2, -0.15) is 5.26 Å². The molecule has 0 spiro atoms. The maximum absolute atomic E-state index is 12.4. The minimum Gasteiger partial charge on any atom is -0.493 e. The van der Waals surface area contributed by atoms with E-state index in [1.807, 2.05) is 6.07 Å². The Kier molecular flexibility index (Phi) is 8.71. The number of methoxy groups -OCH3 is 1. The van der Waals surface area contributed by atoms with Crippen LogP contribution in [0, 0.1) is 11.3 Å². The van der Waals surface area contributed by atoms with Gasteiger partial charge in [-0.15, -0.1) is 0 Å². The van der Waals surface area contributed by atoms with Gasteiger partial charge >= 0.3 is 5.97 Å². The minimum absolute atomic E-state index is 0.128. The molecule has 0 heterocycles. The van der Waals surface area contributed by atoms with E-state index in [1.165, 1.54) is 25.3 Å². The highest BCUT2D eigenvalue weighted by Crippen LogP contribution is 2.37. The summed E-state index contributed by atoms with van der Waals surface area (Å²) in [5, 5.41) is 12.2. The normalized spacial score (nSPS) is 10.7. The first-order valence-corrected chi connectivity index (χ1v) is 9.89. The molecule has 30 heavy (non-hydrogen) atoms. The number of esters is 1. The van der Waals surface area contributed by atoms with Crippen molar-refractivity contribution in [3.8, 4) is 17.6 Å². The summed E-state index contributed by atoms with van der Waals surface area (Å²) in [5.41, 5.74) is 0.863. The molecule has 2 aromatic carbocycles. The number of hydrogen-bond donors (Lipinski definition) is 1. The van der Waals surface area contributed by atoms with Gasteiger partial charge in [0.05, 0.1) is 18.7 Å². The fourth-order valence-corrected chi connectivity index (χ4v) is 2.88. The van der Waals surface area contributed by atoms with Gasteiger partial charge in [-0.3, -0.25) is 4.79 Å². The van der Waals surface area contributed by atoms with Crippen LogP contribution in [-0.2, 0) is 14.3 Å². The number of benzene rings is 2. The van der Waals surface area contributed by atoms with E-state index in [1.54, 1.807) is 31.2 Å². The van der Waals surface area contributed by atoms with Crippen LogP contribution in [0.4, 0.5) is 5.69 Å². The van der Waals surface area contributed by atoms with Crippen LogP contribution in [0.5, 0.6) is 11.5 Å². The fourth-order valence-electron chi connectivity index (χ4n) is 2.34. The quantitative estimate of drug-likeness (QED) is 0.328. The average Bonchev–Trinajstić information content (AvgIpc) is 2.72. The molecule has 0 aliphatic carbocycles. The summed E-state index contributed by atoms with van der Waals surface area (Å²) in [6.07, 6.45) is 1.37. The second kappa shape index (κ2) is 11.2. The molecule has 0 aliphatic heterocycles. The Morgan fingerprint density at radius 2 is 1.97 bits per heavy atom. The molecule has 0 aromatic heterocycles. The van der Waals surface area contributed by atoms with E-state index in [2.05, 4.69) is 21.2 Å². The number of ether oxygens (including phenoxy) is 3. The molecule has 1 N–H and O–H groups in total. The summed E-state index contributed by atoms with van der Waals surface area (Å²) in [7, 11) is 1.40. The van der Waals surface area contributed by atoms with Crippen molar-refractivity contribution < 1.29 is 23.8 Å². The Morgan fingerprint density at radius 1 is 1.27 bits per heavy atom. The van der Waals surface area contributed by atoms with Crippen molar-refractivity contribution in [1.29, 1.82) is 5.26 Å². The largest absolute Gasteiger partial charge is 0.493 e. The first-order chi connectivity index (χ1) is 14.4. The number of nitrogens with one attached hydrogen (secondary N) is 1. The Hall–Kier alpha value is -3.02. The van der Waals surface area contributed by atoms with Crippen molar-refractivity contribution in [2.75, 3.05) is 25.6 Å². The van der Waals surface area contributed by atoms with Crippen LogP contribution in [0.2, 0.25) is 5.02 Å². The number of carbonyl (C=O) groups is 2. The second-order valence-corrected chi connectivity index (χ2v) is 7.08. The molecule has 0 saturated carbocycles. The van der Waals surface area contributed by atoms with Gasteiger partial charge in [0, 0.05) is 10.2 Å². The van der Waals surface area contributed by atoms with Crippen LogP contribution >= 0.6 is 27.5 Å². The van der Waals surface area contributed by atoms with E-state index >= 15 is 0 Å². The van der Waals surface area contributed by atoms with Crippen LogP contribution < -0.4 is 14.8 Å². The summed E-state index contributed by atoms with van der Waals surface area (Å²) < 4.78 is 16.3. The van der Waals surface area contributed by atoms with Gasteiger partial charge in [-0.25, -0.2) is 4.79 Å². The molecule has 0 unspecified atom stereocenters. The van der Waals surface area contributed by atoms with Crippen molar-refractivity contribution in [3.63, 3.8) is 0 Å². The molecule has 1 amide bonds. The van der Waals surface area contributed by atoms with E-state index in [0.717, 1.165) is 4.47 Å². The van der Waals surface area contributed by atoms with E-state index < -0.39 is 11.9 Å². The summed E-state index contributed by atoms with van der Waals surface area (Å²) >= 11 is 9.56. The summed E-state index contributed by atoms with van der Waals surface area (Å²) in [6.45, 7) is 1.58. The first-order valence-electron chi connectivity index (χ1n) is 8.72. The lowest BCUT2D eigenvalue weighted by molar-refractivity contribution is -0.145. The van der Waals surface area contributed by atoms with Crippen molar-refractivity contribution >= 4 is 51.2 Å². The molecule has 0 radical (unpaired) electrons. The number of anilines is 1. The molecular weight excluding hydrogens is 476 g/mol. The second-order valence-electron chi connectivity index (χ2n) is 5.76. The Bertz CT molecular complexity index is 1000. The summed E-state index contributed by atoms with van der Waals surface area (Å²) in [5.74, 6) is -0.723. The van der Waals surface area contributed by atoms with Gasteiger partial charge < -0.3 is 19.5 Å². The number of halogens is 2. The monoisotopic (exact) mass is 492 g/mol. The van der Waals surface area contributed by atoms with Gasteiger partial charge in [0.25, 0.3) is 5.91 Å². The molecular formula is C21H18BrClN2O5. The molecule has 7 nitrogen and oxygen atoms in total. The molecule has 0 atom stereocenters. The van der Waals surface area contributed by atoms with Gasteiger partial charge in [-0.05, 0) is 55.0 Å². The van der Waals surface area contributed by atoms with Gasteiger partial charge in [0.2, 0.25) is 0 Å². The highest BCUT2D eigenvalue weighted by Gasteiger charge is 2.16. The predicted molar refractivity (Wildman–Crippen MR) is 116 cm³/mol. The van der Waals surface area contributed by atoms with Crippen molar-refractivity contribution in [2.45, 2.75) is 6.92 Å². The minimum atomic E-state index is -0.572. The van der Waals surface area contributed by atoms with Gasteiger partial charge in [-0.1, -0.05) is 27.5 Å².